The standard InChI is InChI=1S/C13H14Cl2N4O/c1-7-13(15)8(2)19(18-7)6-12(20)17-11-4-3-9(14)5-10(11)16/h3-5H,6,16H2,1-2H3,(H,17,20). The molecule has 1 amide bonds. The molecule has 20 heavy (non-hydrogen) atoms. The average molecular weight is 313 g/mol. The molecular formula is C13H14Cl2N4O. The Bertz CT molecular complexity index is 667. The summed E-state index contributed by atoms with van der Waals surface area (Å²) >= 11 is 11.8. The Labute approximate surface area is 126 Å². The predicted molar refractivity (Wildman–Crippen MR) is 81.2 cm³/mol. The van der Waals surface area contributed by atoms with Crippen LogP contribution in [-0.2, 0) is 11.3 Å². The summed E-state index contributed by atoms with van der Waals surface area (Å²) < 4.78 is 1.55. The van der Waals surface area contributed by atoms with E-state index >= 15 is 0 Å². The molecule has 0 aliphatic heterocycles. The zero-order valence-electron chi connectivity index (χ0n) is 11.1. The summed E-state index contributed by atoms with van der Waals surface area (Å²) in [5.74, 6) is -0.235. The molecule has 0 atom stereocenters. The van der Waals surface area contributed by atoms with Crippen molar-refractivity contribution in [2.45, 2.75) is 20.4 Å². The van der Waals surface area contributed by atoms with Crippen LogP contribution in [0, 0.1) is 13.8 Å². The number of nitrogen functional groups attached to an aromatic ring is 1. The highest BCUT2D eigenvalue weighted by Crippen LogP contribution is 2.23. The van der Waals surface area contributed by atoms with E-state index in [9.17, 15) is 4.79 Å². The number of amides is 1. The lowest BCUT2D eigenvalue weighted by molar-refractivity contribution is -0.116. The van der Waals surface area contributed by atoms with E-state index in [1.807, 2.05) is 6.92 Å². The largest absolute Gasteiger partial charge is 0.397 e. The van der Waals surface area contributed by atoms with Crippen molar-refractivity contribution in [3.63, 3.8) is 0 Å². The predicted octanol–water partition coefficient (Wildman–Crippen LogP) is 3.03. The maximum atomic E-state index is 12.0. The molecule has 0 saturated heterocycles. The Morgan fingerprint density at radius 2 is 2.10 bits per heavy atom. The SMILES string of the molecule is Cc1nn(CC(=O)Nc2ccc(Cl)cc2N)c(C)c1Cl. The van der Waals surface area contributed by atoms with Crippen LogP contribution in [0.5, 0.6) is 0 Å². The van der Waals surface area contributed by atoms with Gasteiger partial charge in [0.1, 0.15) is 6.54 Å². The molecule has 1 aromatic heterocycles. The van der Waals surface area contributed by atoms with Crippen LogP contribution < -0.4 is 11.1 Å². The molecule has 7 heteroatoms. The van der Waals surface area contributed by atoms with Crippen LogP contribution in [0.25, 0.3) is 0 Å². The number of rotatable bonds is 3. The third-order valence-electron chi connectivity index (χ3n) is 2.87. The first kappa shape index (κ1) is 14.7. The molecule has 0 fully saturated rings. The molecule has 0 spiro atoms. The second-order valence-corrected chi connectivity index (χ2v) is 5.24. The molecule has 0 aliphatic carbocycles. The molecule has 2 rings (SSSR count). The summed E-state index contributed by atoms with van der Waals surface area (Å²) in [4.78, 5) is 12.0. The van der Waals surface area contributed by atoms with Crippen molar-refractivity contribution in [3.8, 4) is 0 Å². The van der Waals surface area contributed by atoms with Gasteiger partial charge in [0.25, 0.3) is 0 Å². The first-order valence-corrected chi connectivity index (χ1v) is 6.68. The van der Waals surface area contributed by atoms with Crippen molar-refractivity contribution in [1.29, 1.82) is 0 Å². The molecule has 106 valence electrons. The van der Waals surface area contributed by atoms with Crippen molar-refractivity contribution < 1.29 is 4.79 Å². The molecule has 5 nitrogen and oxygen atoms in total. The molecule has 3 N–H and O–H groups in total. The fraction of sp³-hybridized carbons (Fsp3) is 0.231. The topological polar surface area (TPSA) is 72.9 Å². The Morgan fingerprint density at radius 3 is 2.65 bits per heavy atom. The van der Waals surface area contributed by atoms with Gasteiger partial charge in [-0.05, 0) is 32.0 Å². The van der Waals surface area contributed by atoms with Crippen molar-refractivity contribution in [1.82, 2.24) is 9.78 Å². The third-order valence-corrected chi connectivity index (χ3v) is 3.66. The summed E-state index contributed by atoms with van der Waals surface area (Å²) in [6.45, 7) is 3.68. The number of hydrogen-bond donors (Lipinski definition) is 2. The highest BCUT2D eigenvalue weighted by atomic mass is 35.5. The van der Waals surface area contributed by atoms with Gasteiger partial charge in [0.2, 0.25) is 5.91 Å². The molecule has 1 aromatic carbocycles. The number of benzene rings is 1. The summed E-state index contributed by atoms with van der Waals surface area (Å²) in [5.41, 5.74) is 8.16. The lowest BCUT2D eigenvalue weighted by Gasteiger charge is -2.09. The van der Waals surface area contributed by atoms with Crippen LogP contribution in [0.3, 0.4) is 0 Å². The van der Waals surface area contributed by atoms with Crippen LogP contribution >= 0.6 is 23.2 Å². The number of anilines is 2. The number of carbonyl (C=O) groups excluding carboxylic acids is 1. The van der Waals surface area contributed by atoms with Gasteiger partial charge in [-0.25, -0.2) is 0 Å². The summed E-state index contributed by atoms with van der Waals surface area (Å²) in [6.07, 6.45) is 0. The smallest absolute Gasteiger partial charge is 0.246 e. The highest BCUT2D eigenvalue weighted by molar-refractivity contribution is 6.32. The van der Waals surface area contributed by atoms with Gasteiger partial charge in [-0.3, -0.25) is 9.48 Å². The quantitative estimate of drug-likeness (QED) is 0.856. The number of carbonyl (C=O) groups is 1. The van der Waals surface area contributed by atoms with Gasteiger partial charge in [0.15, 0.2) is 0 Å². The number of nitrogens with zero attached hydrogens (tertiary/aromatic N) is 2. The first-order valence-electron chi connectivity index (χ1n) is 5.93. The van der Waals surface area contributed by atoms with Gasteiger partial charge in [-0.1, -0.05) is 23.2 Å². The number of nitrogens with two attached hydrogens (primary N) is 1. The first-order chi connectivity index (χ1) is 9.38. The lowest BCUT2D eigenvalue weighted by Crippen LogP contribution is -2.20. The van der Waals surface area contributed by atoms with Crippen molar-refractivity contribution >= 4 is 40.5 Å². The van der Waals surface area contributed by atoms with Crippen LogP contribution in [0.2, 0.25) is 10.0 Å². The number of nitrogens with one attached hydrogen (secondary N) is 1. The van der Waals surface area contributed by atoms with Gasteiger partial charge in [0, 0.05) is 5.02 Å². The highest BCUT2D eigenvalue weighted by Gasteiger charge is 2.13. The molecule has 1 heterocycles. The van der Waals surface area contributed by atoms with E-state index < -0.39 is 0 Å². The molecule has 2 aromatic rings. The minimum Gasteiger partial charge on any atom is -0.397 e. The van der Waals surface area contributed by atoms with Crippen molar-refractivity contribution in [3.05, 3.63) is 39.6 Å². The van der Waals surface area contributed by atoms with Crippen molar-refractivity contribution in [2.24, 2.45) is 0 Å². The van der Waals surface area contributed by atoms with E-state index in [0.29, 0.717) is 27.1 Å². The van der Waals surface area contributed by atoms with E-state index in [4.69, 9.17) is 28.9 Å². The number of aromatic nitrogens is 2. The lowest BCUT2D eigenvalue weighted by atomic mass is 10.2. The van der Waals surface area contributed by atoms with Gasteiger partial charge in [0.05, 0.1) is 27.8 Å². The third kappa shape index (κ3) is 3.05. The minimum absolute atomic E-state index is 0.0709. The van der Waals surface area contributed by atoms with Crippen LogP contribution in [-0.4, -0.2) is 15.7 Å². The fourth-order valence-corrected chi connectivity index (χ4v) is 2.12. The summed E-state index contributed by atoms with van der Waals surface area (Å²) in [5, 5.41) is 8.01. The Kier molecular flexibility index (Phi) is 4.20. The van der Waals surface area contributed by atoms with Crippen LogP contribution in [0.4, 0.5) is 11.4 Å². The molecular weight excluding hydrogens is 299 g/mol. The van der Waals surface area contributed by atoms with Crippen LogP contribution in [0.15, 0.2) is 18.2 Å². The Balaban J connectivity index is 2.11. The van der Waals surface area contributed by atoms with Gasteiger partial charge in [-0.2, -0.15) is 5.10 Å². The maximum Gasteiger partial charge on any atom is 0.246 e. The molecule has 0 saturated carbocycles. The van der Waals surface area contributed by atoms with E-state index in [1.165, 1.54) is 0 Å². The van der Waals surface area contributed by atoms with Crippen molar-refractivity contribution in [2.75, 3.05) is 11.1 Å². The number of halogens is 2. The molecule has 0 unspecified atom stereocenters. The average Bonchev–Trinajstić information content (AvgIpc) is 2.61. The molecule has 0 radical (unpaired) electrons. The molecule has 0 bridgehead atoms. The minimum atomic E-state index is -0.235. The monoisotopic (exact) mass is 312 g/mol. The van der Waals surface area contributed by atoms with Gasteiger partial charge in [-0.15, -0.1) is 0 Å². The fourth-order valence-electron chi connectivity index (χ4n) is 1.80. The Morgan fingerprint density at radius 1 is 1.40 bits per heavy atom. The van der Waals surface area contributed by atoms with Gasteiger partial charge < -0.3 is 11.1 Å². The second-order valence-electron chi connectivity index (χ2n) is 4.42. The number of hydrogen-bond acceptors (Lipinski definition) is 3. The number of aryl methyl sites for hydroxylation is 1. The zero-order valence-corrected chi connectivity index (χ0v) is 12.6. The second kappa shape index (κ2) is 5.73. The Hall–Kier alpha value is -1.72. The van der Waals surface area contributed by atoms with E-state index in [2.05, 4.69) is 10.4 Å². The van der Waals surface area contributed by atoms with E-state index in [0.717, 1.165) is 5.69 Å². The molecule has 0 aliphatic rings. The summed E-state index contributed by atoms with van der Waals surface area (Å²) in [7, 11) is 0. The maximum absolute atomic E-state index is 12.0. The van der Waals surface area contributed by atoms with E-state index in [-0.39, 0.29) is 12.5 Å². The normalized spacial score (nSPS) is 10.6. The van der Waals surface area contributed by atoms with Gasteiger partial charge >= 0.3 is 0 Å². The van der Waals surface area contributed by atoms with E-state index in [1.54, 1.807) is 29.8 Å². The summed E-state index contributed by atoms with van der Waals surface area (Å²) in [6, 6.07) is 4.90. The van der Waals surface area contributed by atoms with Crippen LogP contribution in [0.1, 0.15) is 11.4 Å². The zero-order chi connectivity index (χ0) is 14.9.